The first-order valence-electron chi connectivity index (χ1n) is 12.6. The summed E-state index contributed by atoms with van der Waals surface area (Å²) in [5.74, 6) is -2.50. The number of nitrogens with zero attached hydrogens (tertiary/aromatic N) is 2. The second-order valence-electron chi connectivity index (χ2n) is 9.69. The molecule has 5 atom stereocenters. The molecule has 190 valence electrons. The summed E-state index contributed by atoms with van der Waals surface area (Å²) in [4.78, 5) is 44.1. The van der Waals surface area contributed by atoms with Gasteiger partial charge in [-0.1, -0.05) is 36.4 Å². The lowest BCUT2D eigenvalue weighted by atomic mass is 9.70. The van der Waals surface area contributed by atoms with E-state index in [-0.39, 0.29) is 38.1 Å². The summed E-state index contributed by atoms with van der Waals surface area (Å²) >= 11 is 0. The number of rotatable bonds is 9. The van der Waals surface area contributed by atoms with Crippen LogP contribution in [0.15, 0.2) is 55.1 Å². The maximum atomic E-state index is 14.3. The van der Waals surface area contributed by atoms with Gasteiger partial charge in [0.05, 0.1) is 24.5 Å². The molecular weight excluding hydrogens is 460 g/mol. The second kappa shape index (κ2) is 9.67. The number of carbonyl (C=O) groups excluding carboxylic acids is 3. The van der Waals surface area contributed by atoms with Gasteiger partial charge in [0.15, 0.2) is 0 Å². The van der Waals surface area contributed by atoms with Gasteiger partial charge in [-0.05, 0) is 49.1 Å². The molecule has 8 heteroatoms. The predicted molar refractivity (Wildman–Crippen MR) is 134 cm³/mol. The van der Waals surface area contributed by atoms with Gasteiger partial charge in [-0.3, -0.25) is 14.4 Å². The van der Waals surface area contributed by atoms with E-state index in [4.69, 9.17) is 9.47 Å². The maximum Gasteiger partial charge on any atom is 0.312 e. The van der Waals surface area contributed by atoms with E-state index in [1.165, 1.54) is 4.90 Å². The fourth-order valence-electron chi connectivity index (χ4n) is 6.36. The fourth-order valence-corrected chi connectivity index (χ4v) is 6.36. The second-order valence-corrected chi connectivity index (χ2v) is 9.69. The van der Waals surface area contributed by atoms with Gasteiger partial charge in [0.25, 0.3) is 5.91 Å². The first-order valence-corrected chi connectivity index (χ1v) is 12.6. The van der Waals surface area contributed by atoms with E-state index in [0.29, 0.717) is 24.9 Å². The molecule has 5 rings (SSSR count). The third-order valence-electron chi connectivity index (χ3n) is 7.77. The SMILES string of the molecule is C=CCN(C(=O)[C@H]1N(CCCO)C(=O)[C@@H]2[C@@H](C(=O)OCC)[C@H]3CC[C@]21O3)c1ccc2ccccc2c1. The van der Waals surface area contributed by atoms with Crippen LogP contribution < -0.4 is 4.90 Å². The van der Waals surface area contributed by atoms with Crippen molar-refractivity contribution in [1.82, 2.24) is 4.90 Å². The molecule has 2 aromatic rings. The van der Waals surface area contributed by atoms with Crippen LogP contribution in [0, 0.1) is 11.8 Å². The molecule has 1 spiro atoms. The number of ether oxygens (including phenoxy) is 2. The number of fused-ring (bicyclic) bond motifs is 2. The third kappa shape index (κ3) is 3.71. The first-order chi connectivity index (χ1) is 17.5. The van der Waals surface area contributed by atoms with Crippen molar-refractivity contribution in [2.45, 2.75) is 43.9 Å². The molecule has 2 amide bonds. The Kier molecular flexibility index (Phi) is 6.57. The number of esters is 1. The molecule has 2 bridgehead atoms. The Bertz CT molecular complexity index is 1200. The predicted octanol–water partition coefficient (Wildman–Crippen LogP) is 2.68. The summed E-state index contributed by atoms with van der Waals surface area (Å²) in [7, 11) is 0. The van der Waals surface area contributed by atoms with Crippen molar-refractivity contribution in [1.29, 1.82) is 0 Å². The van der Waals surface area contributed by atoms with E-state index in [9.17, 15) is 19.5 Å². The van der Waals surface area contributed by atoms with Crippen molar-refractivity contribution in [3.05, 3.63) is 55.1 Å². The summed E-state index contributed by atoms with van der Waals surface area (Å²) in [5.41, 5.74) is -0.398. The van der Waals surface area contributed by atoms with E-state index in [0.717, 1.165) is 10.8 Å². The fraction of sp³-hybridized carbons (Fsp3) is 0.464. The highest BCUT2D eigenvalue weighted by Crippen LogP contribution is 2.58. The molecule has 1 N–H and O–H groups in total. The van der Waals surface area contributed by atoms with Crippen molar-refractivity contribution < 1.29 is 29.0 Å². The van der Waals surface area contributed by atoms with Crippen LogP contribution >= 0.6 is 0 Å². The molecule has 8 nitrogen and oxygen atoms in total. The van der Waals surface area contributed by atoms with Crippen LogP contribution in [0.5, 0.6) is 0 Å². The van der Waals surface area contributed by atoms with Crippen LogP contribution in [0.2, 0.25) is 0 Å². The molecule has 0 aromatic heterocycles. The number of anilines is 1. The van der Waals surface area contributed by atoms with Crippen molar-refractivity contribution in [3.63, 3.8) is 0 Å². The Balaban J connectivity index is 1.56. The number of hydrogen-bond donors (Lipinski definition) is 1. The Hall–Kier alpha value is -3.23. The van der Waals surface area contributed by atoms with Gasteiger partial charge in [-0.25, -0.2) is 0 Å². The van der Waals surface area contributed by atoms with Gasteiger partial charge in [0.1, 0.15) is 11.6 Å². The van der Waals surface area contributed by atoms with Crippen LogP contribution in [0.1, 0.15) is 26.2 Å². The average molecular weight is 493 g/mol. The van der Waals surface area contributed by atoms with Crippen molar-refractivity contribution in [2.75, 3.05) is 31.2 Å². The minimum absolute atomic E-state index is 0.117. The van der Waals surface area contributed by atoms with E-state index in [1.54, 1.807) is 17.9 Å². The van der Waals surface area contributed by atoms with Crippen molar-refractivity contribution >= 4 is 34.2 Å². The topological polar surface area (TPSA) is 96.4 Å². The van der Waals surface area contributed by atoms with E-state index in [1.807, 2.05) is 42.5 Å². The highest BCUT2D eigenvalue weighted by molar-refractivity contribution is 6.05. The molecule has 0 unspecified atom stereocenters. The highest BCUT2D eigenvalue weighted by atomic mass is 16.6. The van der Waals surface area contributed by atoms with E-state index in [2.05, 4.69) is 6.58 Å². The number of likely N-dealkylation sites (tertiary alicyclic amines) is 1. The van der Waals surface area contributed by atoms with Gasteiger partial charge >= 0.3 is 5.97 Å². The molecule has 3 fully saturated rings. The van der Waals surface area contributed by atoms with Crippen LogP contribution in [0.3, 0.4) is 0 Å². The summed E-state index contributed by atoms with van der Waals surface area (Å²) in [6.45, 7) is 6.13. The summed E-state index contributed by atoms with van der Waals surface area (Å²) < 4.78 is 11.7. The molecule has 36 heavy (non-hydrogen) atoms. The normalized spacial score (nSPS) is 28.4. The third-order valence-corrected chi connectivity index (χ3v) is 7.77. The zero-order valence-electron chi connectivity index (χ0n) is 20.5. The van der Waals surface area contributed by atoms with E-state index < -0.39 is 35.6 Å². The van der Waals surface area contributed by atoms with Gasteiger partial charge in [0, 0.05) is 25.4 Å². The van der Waals surface area contributed by atoms with Crippen LogP contribution in [0.4, 0.5) is 5.69 Å². The van der Waals surface area contributed by atoms with Crippen molar-refractivity contribution in [2.24, 2.45) is 11.8 Å². The molecule has 3 saturated heterocycles. The smallest absolute Gasteiger partial charge is 0.312 e. The molecule has 3 aliphatic rings. The molecule has 0 aliphatic carbocycles. The first kappa shape index (κ1) is 24.5. The summed E-state index contributed by atoms with van der Waals surface area (Å²) in [5, 5.41) is 11.6. The minimum atomic E-state index is -1.10. The Morgan fingerprint density at radius 1 is 1.28 bits per heavy atom. The standard InChI is InChI=1S/C28H32N2O6/c1-3-14-29(20-11-10-18-8-5-6-9-19(18)17-20)26(33)24-28-13-12-21(36-28)22(27(34)35-4-2)23(28)25(32)30(24)15-7-16-31/h3,5-6,8-11,17,21-24,31H,1,4,7,12-16H2,2H3/t21-,22+,23+,24-,28+/m1/s1. The van der Waals surface area contributed by atoms with Crippen LogP contribution in [-0.4, -0.2) is 71.8 Å². The Morgan fingerprint density at radius 2 is 2.06 bits per heavy atom. The number of hydrogen-bond acceptors (Lipinski definition) is 6. The van der Waals surface area contributed by atoms with Crippen molar-refractivity contribution in [3.8, 4) is 0 Å². The lowest BCUT2D eigenvalue weighted by molar-refractivity contribution is -0.154. The molecule has 2 aromatic carbocycles. The van der Waals surface area contributed by atoms with Gasteiger partial charge in [0.2, 0.25) is 5.91 Å². The number of amides is 2. The number of carbonyl (C=O) groups is 3. The number of aliphatic hydroxyl groups is 1. The molecule has 3 heterocycles. The molecule has 3 aliphatic heterocycles. The summed E-state index contributed by atoms with van der Waals surface area (Å²) in [6, 6.07) is 12.8. The van der Waals surface area contributed by atoms with E-state index >= 15 is 0 Å². The van der Waals surface area contributed by atoms with Gasteiger partial charge in [-0.15, -0.1) is 6.58 Å². The van der Waals surface area contributed by atoms with Crippen LogP contribution in [-0.2, 0) is 23.9 Å². The Labute approximate surface area is 210 Å². The largest absolute Gasteiger partial charge is 0.466 e. The highest BCUT2D eigenvalue weighted by Gasteiger charge is 2.75. The molecular formula is C28H32N2O6. The average Bonchev–Trinajstić information content (AvgIpc) is 3.53. The quantitative estimate of drug-likeness (QED) is 0.427. The lowest BCUT2D eigenvalue weighted by Crippen LogP contribution is -2.56. The number of aliphatic hydroxyl groups excluding tert-OH is 1. The van der Waals surface area contributed by atoms with Gasteiger partial charge in [-0.2, -0.15) is 0 Å². The van der Waals surface area contributed by atoms with Gasteiger partial charge < -0.3 is 24.4 Å². The lowest BCUT2D eigenvalue weighted by Gasteiger charge is -2.36. The zero-order valence-corrected chi connectivity index (χ0v) is 20.5. The Morgan fingerprint density at radius 3 is 2.78 bits per heavy atom. The van der Waals surface area contributed by atoms with Crippen LogP contribution in [0.25, 0.3) is 10.8 Å². The zero-order chi connectivity index (χ0) is 25.4. The monoisotopic (exact) mass is 492 g/mol. The minimum Gasteiger partial charge on any atom is -0.466 e. The number of benzene rings is 2. The molecule has 0 radical (unpaired) electrons. The summed E-state index contributed by atoms with van der Waals surface area (Å²) in [6.07, 6.45) is 2.63. The molecule has 0 saturated carbocycles. The maximum absolute atomic E-state index is 14.3.